The minimum atomic E-state index is -0.764. The van der Waals surface area contributed by atoms with Crippen LogP contribution in [-0.4, -0.2) is 85.0 Å². The summed E-state index contributed by atoms with van der Waals surface area (Å²) in [5.41, 5.74) is 0.0941. The Morgan fingerprint density at radius 2 is 1.81 bits per heavy atom. The first-order valence-corrected chi connectivity index (χ1v) is 9.02. The van der Waals surface area contributed by atoms with Gasteiger partial charge in [-0.2, -0.15) is 0 Å². The fourth-order valence-corrected chi connectivity index (χ4v) is 3.63. The molecule has 0 saturated carbocycles. The van der Waals surface area contributed by atoms with Crippen LogP contribution in [0.5, 0.6) is 5.75 Å². The van der Waals surface area contributed by atoms with E-state index in [0.29, 0.717) is 13.1 Å². The van der Waals surface area contributed by atoms with E-state index in [4.69, 9.17) is 4.74 Å². The van der Waals surface area contributed by atoms with E-state index < -0.39 is 5.54 Å². The summed E-state index contributed by atoms with van der Waals surface area (Å²) in [6.45, 7) is 7.24. The number of hydrogen-bond acceptors (Lipinski definition) is 5. The fraction of sp³-hybridized carbons (Fsp3) is 0.579. The summed E-state index contributed by atoms with van der Waals surface area (Å²) < 4.78 is 5.17. The number of rotatable bonds is 4. The van der Waals surface area contributed by atoms with Crippen molar-refractivity contribution in [1.29, 1.82) is 0 Å². The van der Waals surface area contributed by atoms with Crippen molar-refractivity contribution in [3.8, 4) is 5.75 Å². The number of nitrogens with one attached hydrogen (secondary N) is 1. The molecule has 0 bridgehead atoms. The first-order valence-electron chi connectivity index (χ1n) is 9.02. The zero-order valence-electron chi connectivity index (χ0n) is 16.0. The molecule has 2 aliphatic heterocycles. The molecule has 7 heteroatoms. The summed E-state index contributed by atoms with van der Waals surface area (Å²) in [7, 11) is 3.45. The maximum absolute atomic E-state index is 13.1. The molecule has 2 heterocycles. The molecule has 2 aliphatic rings. The Kier molecular flexibility index (Phi) is 5.09. The number of nitrogens with zero attached hydrogens (tertiary/aromatic N) is 3. The van der Waals surface area contributed by atoms with Crippen molar-refractivity contribution in [3.05, 3.63) is 24.3 Å². The third-order valence-corrected chi connectivity index (χ3v) is 5.24. The molecule has 26 heavy (non-hydrogen) atoms. The number of carbonyl (C=O) groups is 2. The number of ether oxygens (including phenoxy) is 1. The van der Waals surface area contributed by atoms with Gasteiger partial charge < -0.3 is 19.9 Å². The highest BCUT2D eigenvalue weighted by Crippen LogP contribution is 2.23. The van der Waals surface area contributed by atoms with E-state index in [-0.39, 0.29) is 17.9 Å². The van der Waals surface area contributed by atoms with Gasteiger partial charge in [-0.3, -0.25) is 14.5 Å². The predicted octanol–water partition coefficient (Wildman–Crippen LogP) is 0.871. The lowest BCUT2D eigenvalue weighted by atomic mass is 10.00. The average Bonchev–Trinajstić information content (AvgIpc) is 2.64. The summed E-state index contributed by atoms with van der Waals surface area (Å²) in [6.07, 6.45) is 0. The van der Waals surface area contributed by atoms with Crippen LogP contribution in [0.3, 0.4) is 0 Å². The van der Waals surface area contributed by atoms with Crippen molar-refractivity contribution in [2.75, 3.05) is 52.2 Å². The SMILES string of the molecule is COc1ccc(NC(C)(C)C(=O)N2CCN3CCN(C)C(=O)[C@@H]3C2)cc1. The van der Waals surface area contributed by atoms with Crippen molar-refractivity contribution < 1.29 is 14.3 Å². The third-order valence-electron chi connectivity index (χ3n) is 5.24. The summed E-state index contributed by atoms with van der Waals surface area (Å²) in [6, 6.07) is 7.29. The van der Waals surface area contributed by atoms with Gasteiger partial charge in [-0.05, 0) is 38.1 Å². The Morgan fingerprint density at radius 3 is 2.46 bits per heavy atom. The topological polar surface area (TPSA) is 65.1 Å². The van der Waals surface area contributed by atoms with Crippen LogP contribution in [0.2, 0.25) is 0 Å². The number of methoxy groups -OCH3 is 1. The number of amides is 2. The molecule has 2 fully saturated rings. The molecule has 1 atom stereocenters. The summed E-state index contributed by atoms with van der Waals surface area (Å²) in [5.74, 6) is 0.888. The first kappa shape index (κ1) is 18.5. The van der Waals surface area contributed by atoms with Crippen LogP contribution in [0.1, 0.15) is 13.8 Å². The highest BCUT2D eigenvalue weighted by Gasteiger charge is 2.41. The maximum Gasteiger partial charge on any atom is 0.247 e. The molecule has 0 spiro atoms. The summed E-state index contributed by atoms with van der Waals surface area (Å²) in [4.78, 5) is 31.3. The molecular weight excluding hydrogens is 332 g/mol. The molecule has 0 unspecified atom stereocenters. The Labute approximate surface area is 154 Å². The molecule has 1 aromatic carbocycles. The molecule has 7 nitrogen and oxygen atoms in total. The van der Waals surface area contributed by atoms with Crippen LogP contribution in [0, 0.1) is 0 Å². The Morgan fingerprint density at radius 1 is 1.15 bits per heavy atom. The van der Waals surface area contributed by atoms with E-state index >= 15 is 0 Å². The van der Waals surface area contributed by atoms with Gasteiger partial charge >= 0.3 is 0 Å². The van der Waals surface area contributed by atoms with Gasteiger partial charge in [0, 0.05) is 45.5 Å². The molecule has 0 radical (unpaired) electrons. The second-order valence-electron chi connectivity index (χ2n) is 7.54. The van der Waals surface area contributed by atoms with E-state index in [1.165, 1.54) is 0 Å². The van der Waals surface area contributed by atoms with E-state index in [1.807, 2.05) is 50.1 Å². The molecule has 3 rings (SSSR count). The van der Waals surface area contributed by atoms with Crippen LogP contribution in [0.4, 0.5) is 5.69 Å². The molecule has 142 valence electrons. The highest BCUT2D eigenvalue weighted by molar-refractivity contribution is 5.90. The molecule has 2 saturated heterocycles. The third kappa shape index (κ3) is 3.62. The second kappa shape index (κ2) is 7.15. The van der Waals surface area contributed by atoms with Crippen LogP contribution in [-0.2, 0) is 9.59 Å². The van der Waals surface area contributed by atoms with Crippen molar-refractivity contribution in [1.82, 2.24) is 14.7 Å². The number of benzene rings is 1. The zero-order valence-corrected chi connectivity index (χ0v) is 16.0. The number of carbonyl (C=O) groups excluding carboxylic acids is 2. The lowest BCUT2D eigenvalue weighted by molar-refractivity contribution is -0.148. The quantitative estimate of drug-likeness (QED) is 0.863. The monoisotopic (exact) mass is 360 g/mol. The molecule has 0 aliphatic carbocycles. The van der Waals surface area contributed by atoms with E-state index in [1.54, 1.807) is 12.0 Å². The Balaban J connectivity index is 1.67. The van der Waals surface area contributed by atoms with Crippen molar-refractivity contribution >= 4 is 17.5 Å². The van der Waals surface area contributed by atoms with Crippen LogP contribution in [0.25, 0.3) is 0 Å². The maximum atomic E-state index is 13.1. The smallest absolute Gasteiger partial charge is 0.247 e. The van der Waals surface area contributed by atoms with E-state index in [0.717, 1.165) is 31.1 Å². The summed E-state index contributed by atoms with van der Waals surface area (Å²) >= 11 is 0. The summed E-state index contributed by atoms with van der Waals surface area (Å²) in [5, 5.41) is 3.30. The normalized spacial score (nSPS) is 21.4. The Bertz CT molecular complexity index is 674. The van der Waals surface area contributed by atoms with Gasteiger partial charge in [0.05, 0.1) is 7.11 Å². The lowest BCUT2D eigenvalue weighted by Gasteiger charge is -2.46. The lowest BCUT2D eigenvalue weighted by Crippen LogP contribution is -2.66. The first-order chi connectivity index (χ1) is 12.3. The minimum absolute atomic E-state index is 0.00833. The molecule has 0 aromatic heterocycles. The van der Waals surface area contributed by atoms with E-state index in [9.17, 15) is 9.59 Å². The number of piperazine rings is 2. The van der Waals surface area contributed by atoms with Crippen LogP contribution >= 0.6 is 0 Å². The van der Waals surface area contributed by atoms with Crippen molar-refractivity contribution in [2.45, 2.75) is 25.4 Å². The zero-order chi connectivity index (χ0) is 18.9. The van der Waals surface area contributed by atoms with Crippen molar-refractivity contribution in [3.63, 3.8) is 0 Å². The van der Waals surface area contributed by atoms with Gasteiger partial charge in [-0.25, -0.2) is 0 Å². The van der Waals surface area contributed by atoms with Gasteiger partial charge in [-0.1, -0.05) is 0 Å². The minimum Gasteiger partial charge on any atom is -0.497 e. The second-order valence-corrected chi connectivity index (χ2v) is 7.54. The van der Waals surface area contributed by atoms with Crippen LogP contribution in [0.15, 0.2) is 24.3 Å². The molecule has 1 N–H and O–H groups in total. The molecular formula is C19H28N4O3. The number of hydrogen-bond donors (Lipinski definition) is 1. The Hall–Kier alpha value is -2.28. The van der Waals surface area contributed by atoms with Crippen LogP contribution < -0.4 is 10.1 Å². The standard InChI is InChI=1S/C19H28N4O3/c1-19(2,20-14-5-7-15(26-4)8-6-14)18(25)23-12-11-22-10-9-21(3)17(24)16(22)13-23/h5-8,16,20H,9-13H2,1-4H3/t16-/m0/s1. The number of fused-ring (bicyclic) bond motifs is 1. The average molecular weight is 360 g/mol. The molecule has 2 amide bonds. The van der Waals surface area contributed by atoms with Gasteiger partial charge in [0.15, 0.2) is 0 Å². The van der Waals surface area contributed by atoms with Crippen molar-refractivity contribution in [2.24, 2.45) is 0 Å². The number of likely N-dealkylation sites (N-methyl/N-ethyl adjacent to an activating group) is 1. The molecule has 1 aromatic rings. The van der Waals surface area contributed by atoms with Gasteiger partial charge in [0.1, 0.15) is 17.3 Å². The van der Waals surface area contributed by atoms with Gasteiger partial charge in [0.25, 0.3) is 0 Å². The predicted molar refractivity (Wildman–Crippen MR) is 100 cm³/mol. The largest absolute Gasteiger partial charge is 0.497 e. The van der Waals surface area contributed by atoms with Gasteiger partial charge in [0.2, 0.25) is 11.8 Å². The number of anilines is 1. The highest BCUT2D eigenvalue weighted by atomic mass is 16.5. The van der Waals surface area contributed by atoms with Gasteiger partial charge in [-0.15, -0.1) is 0 Å². The fourth-order valence-electron chi connectivity index (χ4n) is 3.63. The van der Waals surface area contributed by atoms with E-state index in [2.05, 4.69) is 10.2 Å².